The molecule has 1 aliphatic rings. The van der Waals surface area contributed by atoms with Crippen molar-refractivity contribution in [2.75, 3.05) is 5.32 Å². The van der Waals surface area contributed by atoms with E-state index in [0.29, 0.717) is 6.42 Å². The SMILES string of the molecule is O=C(O)c1cc(F)cnc1NC1CCCCC1O. The number of hydrogen-bond donors (Lipinski definition) is 3. The smallest absolute Gasteiger partial charge is 0.339 e. The molecular formula is C12H15FN2O3. The van der Waals surface area contributed by atoms with Crippen molar-refractivity contribution < 1.29 is 19.4 Å². The summed E-state index contributed by atoms with van der Waals surface area (Å²) in [5, 5.41) is 21.7. The van der Waals surface area contributed by atoms with Gasteiger partial charge in [-0.2, -0.15) is 0 Å². The number of carbonyl (C=O) groups is 1. The van der Waals surface area contributed by atoms with E-state index in [2.05, 4.69) is 10.3 Å². The Balaban J connectivity index is 2.20. The van der Waals surface area contributed by atoms with E-state index in [9.17, 15) is 14.3 Å². The van der Waals surface area contributed by atoms with Gasteiger partial charge in [0.25, 0.3) is 0 Å². The normalized spacial score (nSPS) is 23.7. The first-order valence-electron chi connectivity index (χ1n) is 5.91. The Morgan fingerprint density at radius 2 is 2.17 bits per heavy atom. The van der Waals surface area contributed by atoms with E-state index in [1.165, 1.54) is 0 Å². The molecule has 1 fully saturated rings. The molecule has 1 aliphatic carbocycles. The number of hydrogen-bond acceptors (Lipinski definition) is 4. The zero-order valence-electron chi connectivity index (χ0n) is 9.77. The predicted molar refractivity (Wildman–Crippen MR) is 63.0 cm³/mol. The molecule has 2 rings (SSSR count). The van der Waals surface area contributed by atoms with E-state index >= 15 is 0 Å². The molecule has 1 aromatic rings. The van der Waals surface area contributed by atoms with Crippen LogP contribution in [0.25, 0.3) is 0 Å². The highest BCUT2D eigenvalue weighted by Gasteiger charge is 2.25. The molecule has 0 bridgehead atoms. The minimum atomic E-state index is -1.24. The average molecular weight is 254 g/mol. The van der Waals surface area contributed by atoms with Crippen molar-refractivity contribution in [3.05, 3.63) is 23.6 Å². The summed E-state index contributed by atoms with van der Waals surface area (Å²) in [5.41, 5.74) is -0.215. The molecule has 0 amide bonds. The van der Waals surface area contributed by atoms with Gasteiger partial charge in [-0.15, -0.1) is 0 Å². The Morgan fingerprint density at radius 1 is 1.44 bits per heavy atom. The molecule has 0 aromatic carbocycles. The highest BCUT2D eigenvalue weighted by molar-refractivity contribution is 5.93. The van der Waals surface area contributed by atoms with Crippen molar-refractivity contribution in [1.29, 1.82) is 0 Å². The maximum atomic E-state index is 13.0. The molecule has 0 radical (unpaired) electrons. The third kappa shape index (κ3) is 2.76. The van der Waals surface area contributed by atoms with Crippen LogP contribution < -0.4 is 5.32 Å². The van der Waals surface area contributed by atoms with Crippen LogP contribution in [0.4, 0.5) is 10.2 Å². The largest absolute Gasteiger partial charge is 0.478 e. The standard InChI is InChI=1S/C12H15FN2O3/c13-7-5-8(12(17)18)11(14-6-7)15-9-3-1-2-4-10(9)16/h5-6,9-10,16H,1-4H2,(H,14,15)(H,17,18). The molecule has 5 nitrogen and oxygen atoms in total. The summed E-state index contributed by atoms with van der Waals surface area (Å²) in [6, 6.07) is 0.696. The summed E-state index contributed by atoms with van der Waals surface area (Å²) in [4.78, 5) is 14.7. The fourth-order valence-corrected chi connectivity index (χ4v) is 2.17. The molecule has 2 unspecified atom stereocenters. The number of nitrogens with zero attached hydrogens (tertiary/aromatic N) is 1. The van der Waals surface area contributed by atoms with Crippen molar-refractivity contribution in [3.63, 3.8) is 0 Å². The Hall–Kier alpha value is -1.69. The maximum absolute atomic E-state index is 13.0. The molecule has 0 saturated heterocycles. The zero-order chi connectivity index (χ0) is 13.1. The van der Waals surface area contributed by atoms with Crippen molar-refractivity contribution in [2.24, 2.45) is 0 Å². The summed E-state index contributed by atoms with van der Waals surface area (Å²) >= 11 is 0. The highest BCUT2D eigenvalue weighted by Crippen LogP contribution is 2.23. The molecule has 2 atom stereocenters. The van der Waals surface area contributed by atoms with Gasteiger partial charge in [-0.25, -0.2) is 14.2 Å². The summed E-state index contributed by atoms with van der Waals surface area (Å²) in [7, 11) is 0. The molecule has 3 N–H and O–H groups in total. The Bertz CT molecular complexity index is 453. The average Bonchev–Trinajstić information content (AvgIpc) is 2.34. The van der Waals surface area contributed by atoms with E-state index in [0.717, 1.165) is 31.5 Å². The van der Waals surface area contributed by atoms with E-state index in [1.807, 2.05) is 0 Å². The summed E-state index contributed by atoms with van der Waals surface area (Å²) in [6.45, 7) is 0. The first-order chi connectivity index (χ1) is 8.58. The minimum Gasteiger partial charge on any atom is -0.478 e. The lowest BCUT2D eigenvalue weighted by atomic mass is 9.92. The van der Waals surface area contributed by atoms with Crippen molar-refractivity contribution >= 4 is 11.8 Å². The van der Waals surface area contributed by atoms with Gasteiger partial charge in [0.1, 0.15) is 17.2 Å². The van der Waals surface area contributed by atoms with Crippen LogP contribution in [0.5, 0.6) is 0 Å². The number of aromatic carboxylic acids is 1. The predicted octanol–water partition coefficient (Wildman–Crippen LogP) is 1.63. The number of aliphatic hydroxyl groups excluding tert-OH is 1. The molecular weight excluding hydrogens is 239 g/mol. The highest BCUT2D eigenvalue weighted by atomic mass is 19.1. The topological polar surface area (TPSA) is 82.5 Å². The van der Waals surface area contributed by atoms with Crippen molar-refractivity contribution in [2.45, 2.75) is 37.8 Å². The van der Waals surface area contributed by atoms with Crippen LogP contribution in [-0.4, -0.2) is 33.3 Å². The Morgan fingerprint density at radius 3 is 2.83 bits per heavy atom. The minimum absolute atomic E-state index is 0.106. The number of nitrogens with one attached hydrogen (secondary N) is 1. The molecule has 1 saturated carbocycles. The first kappa shape index (κ1) is 12.8. The van der Waals surface area contributed by atoms with E-state index in [1.54, 1.807) is 0 Å². The quantitative estimate of drug-likeness (QED) is 0.763. The van der Waals surface area contributed by atoms with E-state index in [-0.39, 0.29) is 17.4 Å². The number of carboxylic acid groups (broad SMARTS) is 1. The summed E-state index contributed by atoms with van der Waals surface area (Å²) in [5.74, 6) is -1.83. The van der Waals surface area contributed by atoms with Crippen LogP contribution in [0.2, 0.25) is 0 Å². The molecule has 98 valence electrons. The van der Waals surface area contributed by atoms with Gasteiger partial charge in [-0.1, -0.05) is 12.8 Å². The number of carboxylic acids is 1. The number of aromatic nitrogens is 1. The van der Waals surface area contributed by atoms with Gasteiger partial charge in [0.15, 0.2) is 0 Å². The molecule has 18 heavy (non-hydrogen) atoms. The van der Waals surface area contributed by atoms with Gasteiger partial charge >= 0.3 is 5.97 Å². The van der Waals surface area contributed by atoms with Crippen molar-refractivity contribution in [3.8, 4) is 0 Å². The van der Waals surface area contributed by atoms with E-state index in [4.69, 9.17) is 5.11 Å². The van der Waals surface area contributed by atoms with Gasteiger partial charge in [0.2, 0.25) is 0 Å². The van der Waals surface area contributed by atoms with Crippen molar-refractivity contribution in [1.82, 2.24) is 4.98 Å². The zero-order valence-corrected chi connectivity index (χ0v) is 9.77. The number of rotatable bonds is 3. The fourth-order valence-electron chi connectivity index (χ4n) is 2.17. The third-order valence-corrected chi connectivity index (χ3v) is 3.14. The Labute approximate surface area is 104 Å². The lowest BCUT2D eigenvalue weighted by Gasteiger charge is -2.29. The number of halogens is 1. The second kappa shape index (κ2) is 5.30. The van der Waals surface area contributed by atoms with Crippen LogP contribution in [0.3, 0.4) is 0 Å². The van der Waals surface area contributed by atoms with Gasteiger partial charge < -0.3 is 15.5 Å². The Kier molecular flexibility index (Phi) is 3.76. The third-order valence-electron chi connectivity index (χ3n) is 3.14. The molecule has 1 aromatic heterocycles. The molecule has 0 spiro atoms. The van der Waals surface area contributed by atoms with E-state index < -0.39 is 17.9 Å². The lowest BCUT2D eigenvalue weighted by Crippen LogP contribution is -2.37. The second-order valence-corrected chi connectivity index (χ2v) is 4.46. The number of aliphatic hydroxyl groups is 1. The van der Waals surface area contributed by atoms with Gasteiger partial charge in [-0.05, 0) is 18.9 Å². The molecule has 0 aliphatic heterocycles. The second-order valence-electron chi connectivity index (χ2n) is 4.46. The van der Waals surface area contributed by atoms with Crippen LogP contribution in [0.15, 0.2) is 12.3 Å². The summed E-state index contributed by atoms with van der Waals surface area (Å²) in [6.07, 6.45) is 3.80. The van der Waals surface area contributed by atoms with Crippen LogP contribution >= 0.6 is 0 Å². The fraction of sp³-hybridized carbons (Fsp3) is 0.500. The van der Waals surface area contributed by atoms with Crippen LogP contribution in [0.1, 0.15) is 36.0 Å². The van der Waals surface area contributed by atoms with Gasteiger partial charge in [0, 0.05) is 0 Å². The van der Waals surface area contributed by atoms with Gasteiger partial charge in [-0.3, -0.25) is 0 Å². The molecule has 6 heteroatoms. The molecule has 1 heterocycles. The monoisotopic (exact) mass is 254 g/mol. The maximum Gasteiger partial charge on any atom is 0.339 e. The van der Waals surface area contributed by atoms with Gasteiger partial charge in [0.05, 0.1) is 18.3 Å². The number of pyridine rings is 1. The van der Waals surface area contributed by atoms with Crippen LogP contribution in [-0.2, 0) is 0 Å². The van der Waals surface area contributed by atoms with Crippen LogP contribution in [0, 0.1) is 5.82 Å². The first-order valence-corrected chi connectivity index (χ1v) is 5.91. The summed E-state index contributed by atoms with van der Waals surface area (Å²) < 4.78 is 13.0. The number of anilines is 1. The lowest BCUT2D eigenvalue weighted by molar-refractivity contribution is 0.0696.